The molecular formula is C16H24N4O2. The second-order valence-corrected chi connectivity index (χ2v) is 5.90. The summed E-state index contributed by atoms with van der Waals surface area (Å²) >= 11 is 0. The summed E-state index contributed by atoms with van der Waals surface area (Å²) in [5.41, 5.74) is 1.70. The van der Waals surface area contributed by atoms with Gasteiger partial charge in [-0.1, -0.05) is 6.07 Å². The molecule has 0 radical (unpaired) electrons. The molecule has 1 heterocycles. The van der Waals surface area contributed by atoms with Crippen molar-refractivity contribution in [2.24, 2.45) is 0 Å². The predicted molar refractivity (Wildman–Crippen MR) is 87.3 cm³/mol. The number of anilines is 1. The quantitative estimate of drug-likeness (QED) is 0.824. The van der Waals surface area contributed by atoms with E-state index in [0.717, 1.165) is 5.69 Å². The third-order valence-electron chi connectivity index (χ3n) is 3.83. The summed E-state index contributed by atoms with van der Waals surface area (Å²) in [5.74, 6) is 0.0284. The van der Waals surface area contributed by atoms with Crippen molar-refractivity contribution < 1.29 is 9.59 Å². The van der Waals surface area contributed by atoms with Gasteiger partial charge in [0.25, 0.3) is 5.91 Å². The monoisotopic (exact) mass is 304 g/mol. The third kappa shape index (κ3) is 3.50. The van der Waals surface area contributed by atoms with Crippen LogP contribution in [0.25, 0.3) is 0 Å². The van der Waals surface area contributed by atoms with Crippen LogP contribution < -0.4 is 4.90 Å². The van der Waals surface area contributed by atoms with Gasteiger partial charge < -0.3 is 19.6 Å². The Morgan fingerprint density at radius 2 is 1.55 bits per heavy atom. The van der Waals surface area contributed by atoms with Gasteiger partial charge in [-0.2, -0.15) is 0 Å². The Balaban J connectivity index is 2.01. The van der Waals surface area contributed by atoms with Crippen LogP contribution in [0.4, 0.5) is 10.5 Å². The highest BCUT2D eigenvalue weighted by Gasteiger charge is 2.25. The van der Waals surface area contributed by atoms with Crippen LogP contribution in [0.3, 0.4) is 0 Å². The summed E-state index contributed by atoms with van der Waals surface area (Å²) in [4.78, 5) is 31.6. The number of hydrogen-bond acceptors (Lipinski definition) is 3. The number of hydrogen-bond donors (Lipinski definition) is 0. The van der Waals surface area contributed by atoms with Crippen LogP contribution >= 0.6 is 0 Å². The third-order valence-corrected chi connectivity index (χ3v) is 3.83. The fourth-order valence-corrected chi connectivity index (χ4v) is 2.48. The number of carbonyl (C=O) groups excluding carboxylic acids is 2. The first-order valence-corrected chi connectivity index (χ1v) is 7.43. The number of piperazine rings is 1. The molecule has 1 aliphatic heterocycles. The molecule has 1 aromatic rings. The fourth-order valence-electron chi connectivity index (χ4n) is 2.48. The largest absolute Gasteiger partial charge is 0.378 e. The molecule has 0 aliphatic carbocycles. The van der Waals surface area contributed by atoms with Crippen molar-refractivity contribution in [3.63, 3.8) is 0 Å². The maximum Gasteiger partial charge on any atom is 0.319 e. The van der Waals surface area contributed by atoms with Crippen molar-refractivity contribution >= 4 is 17.6 Å². The van der Waals surface area contributed by atoms with Crippen LogP contribution in [0.2, 0.25) is 0 Å². The molecule has 0 bridgehead atoms. The SMILES string of the molecule is CN(C)C(=O)N1CCN(C(=O)c2cccc(N(C)C)c2)CC1. The molecule has 3 amide bonds. The Kier molecular flexibility index (Phi) is 4.90. The number of benzene rings is 1. The molecule has 0 unspecified atom stereocenters. The lowest BCUT2D eigenvalue weighted by Gasteiger charge is -2.36. The molecule has 0 spiro atoms. The molecular weight excluding hydrogens is 280 g/mol. The number of amides is 3. The van der Waals surface area contributed by atoms with Crippen molar-refractivity contribution in [2.75, 3.05) is 59.3 Å². The molecule has 1 saturated heterocycles. The van der Waals surface area contributed by atoms with Gasteiger partial charge in [0.05, 0.1) is 0 Å². The summed E-state index contributed by atoms with van der Waals surface area (Å²) in [6.07, 6.45) is 0. The van der Waals surface area contributed by atoms with Gasteiger partial charge in [0.1, 0.15) is 0 Å². The lowest BCUT2D eigenvalue weighted by molar-refractivity contribution is 0.0650. The van der Waals surface area contributed by atoms with Crippen molar-refractivity contribution in [3.8, 4) is 0 Å². The van der Waals surface area contributed by atoms with E-state index in [4.69, 9.17) is 0 Å². The zero-order valence-corrected chi connectivity index (χ0v) is 13.7. The lowest BCUT2D eigenvalue weighted by Crippen LogP contribution is -2.52. The first-order chi connectivity index (χ1) is 10.4. The van der Waals surface area contributed by atoms with Crippen molar-refractivity contribution in [2.45, 2.75) is 0 Å². The van der Waals surface area contributed by atoms with E-state index in [0.29, 0.717) is 31.7 Å². The average molecular weight is 304 g/mol. The summed E-state index contributed by atoms with van der Waals surface area (Å²) in [6.45, 7) is 2.31. The maximum absolute atomic E-state index is 12.6. The maximum atomic E-state index is 12.6. The van der Waals surface area contributed by atoms with Gasteiger partial charge in [-0.25, -0.2) is 4.79 Å². The Labute approximate surface area is 131 Å². The number of nitrogens with zero attached hydrogens (tertiary/aromatic N) is 4. The van der Waals surface area contributed by atoms with Gasteiger partial charge in [0, 0.05) is 65.6 Å². The minimum atomic E-state index is 0.00158. The smallest absolute Gasteiger partial charge is 0.319 e. The molecule has 6 heteroatoms. The second-order valence-electron chi connectivity index (χ2n) is 5.90. The molecule has 6 nitrogen and oxygen atoms in total. The lowest BCUT2D eigenvalue weighted by atomic mass is 10.1. The van der Waals surface area contributed by atoms with Gasteiger partial charge in [-0.15, -0.1) is 0 Å². The summed E-state index contributed by atoms with van der Waals surface area (Å²) in [6, 6.07) is 7.62. The zero-order valence-electron chi connectivity index (χ0n) is 13.7. The Bertz CT molecular complexity index is 549. The van der Waals surface area contributed by atoms with E-state index in [1.807, 2.05) is 48.2 Å². The molecule has 0 saturated carbocycles. The minimum Gasteiger partial charge on any atom is -0.378 e. The van der Waals surface area contributed by atoms with Gasteiger partial charge in [0.15, 0.2) is 0 Å². The van der Waals surface area contributed by atoms with Gasteiger partial charge in [-0.3, -0.25) is 4.79 Å². The van der Waals surface area contributed by atoms with Gasteiger partial charge >= 0.3 is 6.03 Å². The van der Waals surface area contributed by atoms with Gasteiger partial charge in [0.2, 0.25) is 0 Å². The van der Waals surface area contributed by atoms with Crippen molar-refractivity contribution in [3.05, 3.63) is 29.8 Å². The molecule has 1 aromatic carbocycles. The number of urea groups is 1. The zero-order chi connectivity index (χ0) is 16.3. The highest BCUT2D eigenvalue weighted by Crippen LogP contribution is 2.16. The molecule has 0 atom stereocenters. The van der Waals surface area contributed by atoms with Crippen LogP contribution in [0.1, 0.15) is 10.4 Å². The average Bonchev–Trinajstić information content (AvgIpc) is 2.53. The first-order valence-electron chi connectivity index (χ1n) is 7.43. The normalized spacial score (nSPS) is 14.7. The van der Waals surface area contributed by atoms with E-state index >= 15 is 0 Å². The first kappa shape index (κ1) is 16.1. The topological polar surface area (TPSA) is 47.1 Å². The van der Waals surface area contributed by atoms with E-state index in [9.17, 15) is 9.59 Å². The number of rotatable bonds is 2. The van der Waals surface area contributed by atoms with E-state index in [1.54, 1.807) is 23.9 Å². The van der Waals surface area contributed by atoms with E-state index in [1.165, 1.54) is 0 Å². The standard InChI is InChI=1S/C16H24N4O2/c1-17(2)14-7-5-6-13(12-14)15(21)19-8-10-20(11-9-19)16(22)18(3)4/h5-7,12H,8-11H2,1-4H3. The molecule has 1 fully saturated rings. The molecule has 0 aromatic heterocycles. The summed E-state index contributed by atoms with van der Waals surface area (Å²) in [5, 5.41) is 0. The van der Waals surface area contributed by atoms with Crippen LogP contribution in [0.15, 0.2) is 24.3 Å². The Hall–Kier alpha value is -2.24. The summed E-state index contributed by atoms with van der Waals surface area (Å²) < 4.78 is 0. The Morgan fingerprint density at radius 3 is 2.09 bits per heavy atom. The van der Waals surface area contributed by atoms with E-state index in [2.05, 4.69) is 0 Å². The van der Waals surface area contributed by atoms with Crippen molar-refractivity contribution in [1.82, 2.24) is 14.7 Å². The van der Waals surface area contributed by atoms with Crippen LogP contribution in [0.5, 0.6) is 0 Å². The highest BCUT2D eigenvalue weighted by molar-refractivity contribution is 5.95. The highest BCUT2D eigenvalue weighted by atomic mass is 16.2. The van der Waals surface area contributed by atoms with Crippen molar-refractivity contribution in [1.29, 1.82) is 0 Å². The Morgan fingerprint density at radius 1 is 0.955 bits per heavy atom. The summed E-state index contributed by atoms with van der Waals surface area (Å²) in [7, 11) is 7.39. The predicted octanol–water partition coefficient (Wildman–Crippen LogP) is 1.19. The van der Waals surface area contributed by atoms with E-state index < -0.39 is 0 Å². The fraction of sp³-hybridized carbons (Fsp3) is 0.500. The molecule has 0 N–H and O–H groups in total. The molecule has 1 aliphatic rings. The molecule has 120 valence electrons. The van der Waals surface area contributed by atoms with Crippen LogP contribution in [-0.4, -0.2) is 81.0 Å². The van der Waals surface area contributed by atoms with Crippen LogP contribution in [-0.2, 0) is 0 Å². The molecule has 22 heavy (non-hydrogen) atoms. The van der Waals surface area contributed by atoms with E-state index in [-0.39, 0.29) is 11.9 Å². The number of carbonyl (C=O) groups is 2. The minimum absolute atomic E-state index is 0.00158. The molecule has 2 rings (SSSR count). The second kappa shape index (κ2) is 6.68. The van der Waals surface area contributed by atoms with Crippen LogP contribution in [0, 0.1) is 0 Å². The van der Waals surface area contributed by atoms with Gasteiger partial charge in [-0.05, 0) is 18.2 Å².